The smallest absolute Gasteiger partial charge is 0.271 e. The first kappa shape index (κ1) is 22.2. The van der Waals surface area contributed by atoms with E-state index in [0.29, 0.717) is 13.0 Å². The molecule has 156 valence electrons. The number of benzene rings is 2. The lowest BCUT2D eigenvalue weighted by Gasteiger charge is -2.28. The summed E-state index contributed by atoms with van der Waals surface area (Å²) in [7, 11) is -2.28. The van der Waals surface area contributed by atoms with Gasteiger partial charge in [-0.15, -0.1) is 0 Å². The number of nitro benzene ring substituents is 1. The first-order chi connectivity index (χ1) is 13.6. The standard InChI is InChI=1S/C19H23N3O6S/c1-14(19(23)20-12-11-15-7-9-18(28-2)10-8-15)21(29(3,26)27)16-5-4-6-17(13-16)22(24)25/h4-10,13-14H,11-12H2,1-3H3,(H,20,23). The van der Waals surface area contributed by atoms with Gasteiger partial charge in [0.05, 0.1) is 24.0 Å². The van der Waals surface area contributed by atoms with Crippen LogP contribution in [0.2, 0.25) is 0 Å². The number of nitro groups is 1. The maximum absolute atomic E-state index is 12.5. The van der Waals surface area contributed by atoms with Crippen molar-refractivity contribution >= 4 is 27.3 Å². The summed E-state index contributed by atoms with van der Waals surface area (Å²) in [5.41, 5.74) is 0.778. The summed E-state index contributed by atoms with van der Waals surface area (Å²) in [6, 6.07) is 11.5. The number of sulfonamides is 1. The molecular formula is C19H23N3O6S. The van der Waals surface area contributed by atoms with Crippen LogP contribution in [0.1, 0.15) is 12.5 Å². The number of anilines is 1. The molecule has 0 spiro atoms. The molecule has 9 nitrogen and oxygen atoms in total. The number of methoxy groups -OCH3 is 1. The normalized spacial score (nSPS) is 12.1. The topological polar surface area (TPSA) is 119 Å². The maximum Gasteiger partial charge on any atom is 0.271 e. The summed E-state index contributed by atoms with van der Waals surface area (Å²) < 4.78 is 30.5. The number of carbonyl (C=O) groups is 1. The van der Waals surface area contributed by atoms with E-state index >= 15 is 0 Å². The molecule has 0 fully saturated rings. The van der Waals surface area contributed by atoms with Crippen molar-refractivity contribution in [2.24, 2.45) is 0 Å². The number of rotatable bonds is 9. The number of carbonyl (C=O) groups excluding carboxylic acids is 1. The van der Waals surface area contributed by atoms with Gasteiger partial charge in [-0.05, 0) is 37.1 Å². The van der Waals surface area contributed by atoms with E-state index in [9.17, 15) is 23.3 Å². The quantitative estimate of drug-likeness (QED) is 0.489. The molecule has 0 heterocycles. The van der Waals surface area contributed by atoms with Crippen LogP contribution < -0.4 is 14.4 Å². The number of hydrogen-bond acceptors (Lipinski definition) is 6. The minimum Gasteiger partial charge on any atom is -0.497 e. The monoisotopic (exact) mass is 421 g/mol. The molecule has 0 aliphatic heterocycles. The highest BCUT2D eigenvalue weighted by atomic mass is 32.2. The SMILES string of the molecule is COc1ccc(CCNC(=O)C(C)N(c2cccc([N+](=O)[O-])c2)S(C)(=O)=O)cc1. The van der Waals surface area contributed by atoms with Crippen LogP contribution in [0.3, 0.4) is 0 Å². The Bertz CT molecular complexity index is 976. The molecule has 0 bridgehead atoms. The number of ether oxygens (including phenoxy) is 1. The number of amides is 1. The summed E-state index contributed by atoms with van der Waals surface area (Å²) in [5.74, 6) is 0.225. The van der Waals surface area contributed by atoms with E-state index < -0.39 is 26.9 Å². The van der Waals surface area contributed by atoms with Crippen molar-refractivity contribution < 1.29 is 22.9 Å². The van der Waals surface area contributed by atoms with E-state index in [2.05, 4.69) is 5.32 Å². The Hall–Kier alpha value is -3.14. The van der Waals surface area contributed by atoms with E-state index in [4.69, 9.17) is 4.74 Å². The molecule has 0 saturated carbocycles. The van der Waals surface area contributed by atoms with Gasteiger partial charge in [-0.2, -0.15) is 0 Å². The van der Waals surface area contributed by atoms with Gasteiger partial charge in [-0.3, -0.25) is 19.2 Å². The molecule has 2 rings (SSSR count). The third-order valence-electron chi connectivity index (χ3n) is 4.26. The van der Waals surface area contributed by atoms with Crippen LogP contribution in [0, 0.1) is 10.1 Å². The van der Waals surface area contributed by atoms with E-state index in [1.165, 1.54) is 25.1 Å². The summed E-state index contributed by atoms with van der Waals surface area (Å²) in [6.45, 7) is 1.74. The first-order valence-corrected chi connectivity index (χ1v) is 10.6. The Morgan fingerprint density at radius 1 is 1.24 bits per heavy atom. The first-order valence-electron chi connectivity index (χ1n) is 8.78. The Balaban J connectivity index is 2.10. The van der Waals surface area contributed by atoms with Crippen molar-refractivity contribution in [1.29, 1.82) is 0 Å². The van der Waals surface area contributed by atoms with Crippen molar-refractivity contribution in [3.63, 3.8) is 0 Å². The summed E-state index contributed by atoms with van der Waals surface area (Å²) >= 11 is 0. The second kappa shape index (κ2) is 9.37. The molecule has 0 aliphatic rings. The van der Waals surface area contributed by atoms with Gasteiger partial charge in [0.2, 0.25) is 15.9 Å². The Labute approximate surface area is 169 Å². The van der Waals surface area contributed by atoms with Crippen LogP contribution in [0.5, 0.6) is 5.75 Å². The van der Waals surface area contributed by atoms with Crippen LogP contribution in [0.4, 0.5) is 11.4 Å². The molecule has 1 atom stereocenters. The lowest BCUT2D eigenvalue weighted by atomic mass is 10.1. The van der Waals surface area contributed by atoms with Gasteiger partial charge in [0.25, 0.3) is 5.69 Å². The van der Waals surface area contributed by atoms with Gasteiger partial charge in [0.1, 0.15) is 11.8 Å². The van der Waals surface area contributed by atoms with Crippen LogP contribution in [0.15, 0.2) is 48.5 Å². The van der Waals surface area contributed by atoms with Gasteiger partial charge in [-0.1, -0.05) is 18.2 Å². The Morgan fingerprint density at radius 2 is 1.90 bits per heavy atom. The molecule has 10 heteroatoms. The van der Waals surface area contributed by atoms with Crippen molar-refractivity contribution in [2.45, 2.75) is 19.4 Å². The second-order valence-corrected chi connectivity index (χ2v) is 8.26. The van der Waals surface area contributed by atoms with Gasteiger partial charge in [-0.25, -0.2) is 8.42 Å². The molecular weight excluding hydrogens is 398 g/mol. The van der Waals surface area contributed by atoms with Crippen molar-refractivity contribution in [3.05, 3.63) is 64.2 Å². The number of hydrogen-bond donors (Lipinski definition) is 1. The lowest BCUT2D eigenvalue weighted by Crippen LogP contribution is -2.48. The molecule has 0 saturated heterocycles. The molecule has 1 unspecified atom stereocenters. The van der Waals surface area contributed by atoms with E-state index in [-0.39, 0.29) is 11.4 Å². The number of non-ortho nitro benzene ring substituents is 1. The van der Waals surface area contributed by atoms with Crippen molar-refractivity contribution in [3.8, 4) is 5.75 Å². The molecule has 2 aromatic rings. The van der Waals surface area contributed by atoms with Gasteiger partial charge < -0.3 is 10.1 Å². The van der Waals surface area contributed by atoms with Crippen LogP contribution >= 0.6 is 0 Å². The highest BCUT2D eigenvalue weighted by Gasteiger charge is 2.29. The fourth-order valence-corrected chi connectivity index (χ4v) is 3.99. The fourth-order valence-electron chi connectivity index (χ4n) is 2.82. The van der Waals surface area contributed by atoms with Crippen molar-refractivity contribution in [2.75, 3.05) is 24.2 Å². The number of nitrogens with one attached hydrogen (secondary N) is 1. The third-order valence-corrected chi connectivity index (χ3v) is 5.50. The maximum atomic E-state index is 12.5. The van der Waals surface area contributed by atoms with Crippen LogP contribution in [-0.2, 0) is 21.2 Å². The zero-order valence-corrected chi connectivity index (χ0v) is 17.2. The molecule has 0 aliphatic carbocycles. The zero-order valence-electron chi connectivity index (χ0n) is 16.4. The molecule has 29 heavy (non-hydrogen) atoms. The molecule has 0 aromatic heterocycles. The minimum absolute atomic E-state index is 0.0551. The average molecular weight is 421 g/mol. The van der Waals surface area contributed by atoms with Crippen molar-refractivity contribution in [1.82, 2.24) is 5.32 Å². The molecule has 1 N–H and O–H groups in total. The summed E-state index contributed by atoms with van der Waals surface area (Å²) in [5, 5.41) is 13.7. The molecule has 2 aromatic carbocycles. The predicted molar refractivity (Wildman–Crippen MR) is 110 cm³/mol. The molecule has 1 amide bonds. The highest BCUT2D eigenvalue weighted by molar-refractivity contribution is 7.92. The third kappa shape index (κ3) is 5.92. The predicted octanol–water partition coefficient (Wildman–Crippen LogP) is 2.12. The second-order valence-electron chi connectivity index (χ2n) is 6.40. The Kier molecular flexibility index (Phi) is 7.16. The fraction of sp³-hybridized carbons (Fsp3) is 0.316. The zero-order chi connectivity index (χ0) is 21.6. The Morgan fingerprint density at radius 3 is 2.45 bits per heavy atom. The van der Waals surface area contributed by atoms with Gasteiger partial charge in [0, 0.05) is 18.7 Å². The summed E-state index contributed by atoms with van der Waals surface area (Å²) in [4.78, 5) is 22.9. The van der Waals surface area contributed by atoms with Gasteiger partial charge >= 0.3 is 0 Å². The lowest BCUT2D eigenvalue weighted by molar-refractivity contribution is -0.384. The minimum atomic E-state index is -3.85. The highest BCUT2D eigenvalue weighted by Crippen LogP contribution is 2.25. The van der Waals surface area contributed by atoms with E-state index in [1.54, 1.807) is 7.11 Å². The summed E-state index contributed by atoms with van der Waals surface area (Å²) in [6.07, 6.45) is 1.51. The van der Waals surface area contributed by atoms with E-state index in [1.807, 2.05) is 24.3 Å². The van der Waals surface area contributed by atoms with Gasteiger partial charge in [0.15, 0.2) is 0 Å². The van der Waals surface area contributed by atoms with E-state index in [0.717, 1.165) is 27.9 Å². The van der Waals surface area contributed by atoms with Crippen LogP contribution in [-0.4, -0.2) is 45.2 Å². The molecule has 0 radical (unpaired) electrons. The largest absolute Gasteiger partial charge is 0.497 e. The number of nitrogens with zero attached hydrogens (tertiary/aromatic N) is 2. The van der Waals surface area contributed by atoms with Crippen LogP contribution in [0.25, 0.3) is 0 Å². The average Bonchev–Trinajstić information content (AvgIpc) is 2.67.